The predicted octanol–water partition coefficient (Wildman–Crippen LogP) is 3.73. The fourth-order valence-electron chi connectivity index (χ4n) is 1.65. The lowest BCUT2D eigenvalue weighted by Crippen LogP contribution is -2.43. The van der Waals surface area contributed by atoms with Crippen molar-refractivity contribution in [3.8, 4) is 0 Å². The van der Waals surface area contributed by atoms with Crippen molar-refractivity contribution in [1.82, 2.24) is 5.32 Å². The van der Waals surface area contributed by atoms with Crippen molar-refractivity contribution in [2.24, 2.45) is 0 Å². The third-order valence-corrected chi connectivity index (χ3v) is 4.05. The van der Waals surface area contributed by atoms with Crippen LogP contribution in [0.25, 0.3) is 0 Å². The Kier molecular flexibility index (Phi) is 7.70. The van der Waals surface area contributed by atoms with Crippen LogP contribution in [-0.4, -0.2) is 35.0 Å². The molecule has 0 aliphatic rings. The molecule has 128 valence electrons. The number of carbonyl (C=O) groups is 2. The topological polar surface area (TPSA) is 66.4 Å². The molecule has 1 rings (SSSR count). The van der Waals surface area contributed by atoms with E-state index in [9.17, 15) is 22.8 Å². The molecule has 23 heavy (non-hydrogen) atoms. The highest BCUT2D eigenvalue weighted by Crippen LogP contribution is 2.23. The molecule has 0 spiro atoms. The number of alkyl halides is 3. The van der Waals surface area contributed by atoms with Crippen molar-refractivity contribution in [3.63, 3.8) is 0 Å². The minimum atomic E-state index is -4.65. The zero-order valence-electron chi connectivity index (χ0n) is 11.9. The fraction of sp³-hybridized carbons (Fsp3) is 0.429. The van der Waals surface area contributed by atoms with Crippen LogP contribution in [0, 0.1) is 0 Å². The monoisotopic (exact) mass is 369 g/mol. The van der Waals surface area contributed by atoms with Gasteiger partial charge in [-0.2, -0.15) is 13.2 Å². The van der Waals surface area contributed by atoms with Crippen molar-refractivity contribution in [3.05, 3.63) is 29.3 Å². The molecule has 1 amide bonds. The molecule has 1 aromatic rings. The molecular weight excluding hydrogens is 355 g/mol. The summed E-state index contributed by atoms with van der Waals surface area (Å²) in [4.78, 5) is 23.2. The molecule has 0 aliphatic heterocycles. The number of thioether (sulfide) groups is 1. The Bertz CT molecular complexity index is 537. The number of nitrogens with one attached hydrogen (secondary N) is 1. The number of aliphatic carboxylic acids is 1. The van der Waals surface area contributed by atoms with Crippen LogP contribution >= 0.6 is 23.4 Å². The van der Waals surface area contributed by atoms with Gasteiger partial charge in [-0.25, -0.2) is 4.79 Å². The Morgan fingerprint density at radius 1 is 1.26 bits per heavy atom. The zero-order valence-corrected chi connectivity index (χ0v) is 13.5. The molecule has 0 aromatic heterocycles. The van der Waals surface area contributed by atoms with E-state index < -0.39 is 30.5 Å². The second-order valence-electron chi connectivity index (χ2n) is 4.68. The number of amides is 1. The van der Waals surface area contributed by atoms with E-state index in [-0.39, 0.29) is 6.42 Å². The minimum absolute atomic E-state index is 0.0395. The summed E-state index contributed by atoms with van der Waals surface area (Å²) in [6, 6.07) is 5.14. The molecule has 9 heteroatoms. The molecule has 1 aromatic carbocycles. The lowest BCUT2D eigenvalue weighted by atomic mass is 10.2. The Labute approximate surface area is 140 Å². The van der Waals surface area contributed by atoms with Gasteiger partial charge in [-0.05, 0) is 36.4 Å². The van der Waals surface area contributed by atoms with E-state index in [0.29, 0.717) is 17.2 Å². The van der Waals surface area contributed by atoms with Gasteiger partial charge in [0.25, 0.3) is 0 Å². The molecular formula is C14H15ClF3NO3S. The summed E-state index contributed by atoms with van der Waals surface area (Å²) >= 11 is 7.22. The Balaban J connectivity index is 2.32. The third-order valence-electron chi connectivity index (χ3n) is 2.70. The second kappa shape index (κ2) is 9.02. The van der Waals surface area contributed by atoms with Gasteiger partial charge in [-0.15, -0.1) is 11.8 Å². The Hall–Kier alpha value is -1.41. The number of carboxylic acids is 1. The van der Waals surface area contributed by atoms with Crippen LogP contribution in [0.15, 0.2) is 29.2 Å². The Morgan fingerprint density at radius 3 is 2.39 bits per heavy atom. The molecule has 0 radical (unpaired) electrons. The zero-order chi connectivity index (χ0) is 17.5. The van der Waals surface area contributed by atoms with Gasteiger partial charge in [-0.1, -0.05) is 11.6 Å². The lowest BCUT2D eigenvalue weighted by Gasteiger charge is -2.16. The van der Waals surface area contributed by atoms with Crippen LogP contribution in [0.2, 0.25) is 5.02 Å². The first kappa shape index (κ1) is 19.6. The molecule has 1 unspecified atom stereocenters. The molecule has 0 aliphatic carbocycles. The number of rotatable bonds is 8. The van der Waals surface area contributed by atoms with Crippen LogP contribution in [0.4, 0.5) is 13.2 Å². The van der Waals surface area contributed by atoms with Gasteiger partial charge in [0.1, 0.15) is 6.04 Å². The van der Waals surface area contributed by atoms with Gasteiger partial charge >= 0.3 is 12.1 Å². The van der Waals surface area contributed by atoms with Crippen molar-refractivity contribution < 1.29 is 27.9 Å². The highest BCUT2D eigenvalue weighted by atomic mass is 35.5. The van der Waals surface area contributed by atoms with Crippen LogP contribution in [0.5, 0.6) is 0 Å². The van der Waals surface area contributed by atoms with E-state index in [4.69, 9.17) is 16.7 Å². The van der Waals surface area contributed by atoms with Crippen LogP contribution in [0.1, 0.15) is 19.3 Å². The third kappa shape index (κ3) is 8.71. The Morgan fingerprint density at radius 2 is 1.87 bits per heavy atom. The molecule has 0 saturated carbocycles. The summed E-state index contributed by atoms with van der Waals surface area (Å²) in [6.07, 6.45) is -5.87. The van der Waals surface area contributed by atoms with E-state index in [0.717, 1.165) is 4.90 Å². The van der Waals surface area contributed by atoms with E-state index in [2.05, 4.69) is 0 Å². The van der Waals surface area contributed by atoms with Crippen LogP contribution in [0.3, 0.4) is 0 Å². The number of benzene rings is 1. The maximum absolute atomic E-state index is 12.2. The summed E-state index contributed by atoms with van der Waals surface area (Å²) in [5.41, 5.74) is 0. The van der Waals surface area contributed by atoms with Crippen molar-refractivity contribution in [2.75, 3.05) is 5.75 Å². The lowest BCUT2D eigenvalue weighted by molar-refractivity contribution is -0.160. The SMILES string of the molecule is O=C(CCCSc1ccc(Cl)cc1)NC(CC(F)(F)F)C(=O)O. The van der Waals surface area contributed by atoms with Crippen molar-refractivity contribution in [1.29, 1.82) is 0 Å². The number of carbonyl (C=O) groups excluding carboxylic acids is 1. The molecule has 0 fully saturated rings. The predicted molar refractivity (Wildman–Crippen MR) is 81.6 cm³/mol. The molecule has 0 heterocycles. The highest BCUT2D eigenvalue weighted by molar-refractivity contribution is 7.99. The maximum Gasteiger partial charge on any atom is 0.391 e. The van der Waals surface area contributed by atoms with Gasteiger partial charge < -0.3 is 10.4 Å². The second-order valence-corrected chi connectivity index (χ2v) is 6.29. The smallest absolute Gasteiger partial charge is 0.391 e. The molecule has 0 bridgehead atoms. The number of halogens is 4. The molecule has 0 saturated heterocycles. The summed E-state index contributed by atoms with van der Waals surface area (Å²) in [6.45, 7) is 0. The first-order valence-corrected chi connectivity index (χ1v) is 8.01. The summed E-state index contributed by atoms with van der Waals surface area (Å²) in [5, 5.41) is 11.2. The first-order chi connectivity index (χ1) is 10.7. The minimum Gasteiger partial charge on any atom is -0.480 e. The number of hydrogen-bond donors (Lipinski definition) is 2. The largest absolute Gasteiger partial charge is 0.480 e. The van der Waals surface area contributed by atoms with Gasteiger partial charge in [-0.3, -0.25) is 4.79 Å². The number of hydrogen-bond acceptors (Lipinski definition) is 3. The van der Waals surface area contributed by atoms with E-state index >= 15 is 0 Å². The maximum atomic E-state index is 12.2. The summed E-state index contributed by atoms with van der Waals surface area (Å²) in [5.74, 6) is -1.84. The number of carboxylic acid groups (broad SMARTS) is 1. The van der Waals surface area contributed by atoms with Gasteiger partial charge in [0.15, 0.2) is 0 Å². The van der Waals surface area contributed by atoms with Gasteiger partial charge in [0.05, 0.1) is 6.42 Å². The van der Waals surface area contributed by atoms with Crippen molar-refractivity contribution in [2.45, 2.75) is 36.4 Å². The van der Waals surface area contributed by atoms with Crippen LogP contribution in [-0.2, 0) is 9.59 Å². The molecule has 4 nitrogen and oxygen atoms in total. The molecule has 1 atom stereocenters. The summed E-state index contributed by atoms with van der Waals surface area (Å²) < 4.78 is 36.6. The standard InChI is InChI=1S/C14H15ClF3NO3S/c15-9-3-5-10(6-4-9)23-7-1-2-12(20)19-11(13(21)22)8-14(16,17)18/h3-6,11H,1-2,7-8H2,(H,19,20)(H,21,22). The van der Waals surface area contributed by atoms with E-state index in [1.807, 2.05) is 17.4 Å². The van der Waals surface area contributed by atoms with Gasteiger partial charge in [0, 0.05) is 16.3 Å². The van der Waals surface area contributed by atoms with E-state index in [1.54, 1.807) is 12.1 Å². The molecule has 2 N–H and O–H groups in total. The van der Waals surface area contributed by atoms with Gasteiger partial charge in [0.2, 0.25) is 5.91 Å². The summed E-state index contributed by atoms with van der Waals surface area (Å²) in [7, 11) is 0. The highest BCUT2D eigenvalue weighted by Gasteiger charge is 2.36. The quantitative estimate of drug-likeness (QED) is 0.541. The van der Waals surface area contributed by atoms with Crippen molar-refractivity contribution >= 4 is 35.2 Å². The van der Waals surface area contributed by atoms with E-state index in [1.165, 1.54) is 11.8 Å². The average molecular weight is 370 g/mol. The fourth-order valence-corrected chi connectivity index (χ4v) is 2.63. The average Bonchev–Trinajstić information content (AvgIpc) is 2.43. The first-order valence-electron chi connectivity index (χ1n) is 6.64. The normalized spacial score (nSPS) is 12.7. The van der Waals surface area contributed by atoms with Crippen LogP contribution < -0.4 is 5.32 Å².